The number of pyridine rings is 1. The summed E-state index contributed by atoms with van der Waals surface area (Å²) in [6.07, 6.45) is 5.36. The highest BCUT2D eigenvalue weighted by Gasteiger charge is 2.16. The van der Waals surface area contributed by atoms with E-state index in [-0.39, 0.29) is 11.9 Å². The van der Waals surface area contributed by atoms with Crippen LogP contribution in [0.1, 0.15) is 19.9 Å². The maximum absolute atomic E-state index is 13.1. The van der Waals surface area contributed by atoms with Gasteiger partial charge in [-0.25, -0.2) is 9.37 Å². The van der Waals surface area contributed by atoms with Crippen LogP contribution in [0.3, 0.4) is 0 Å². The summed E-state index contributed by atoms with van der Waals surface area (Å²) in [4.78, 5) is 8.60. The molecule has 2 heterocycles. The molecule has 0 aliphatic rings. The van der Waals surface area contributed by atoms with Crippen molar-refractivity contribution in [2.75, 3.05) is 0 Å². The molecular formula is C17H16FN3. The molecule has 0 radical (unpaired) electrons. The maximum atomic E-state index is 13.1. The fraction of sp³-hybridized carbons (Fsp3) is 0.176. The molecule has 0 unspecified atom stereocenters. The predicted molar refractivity (Wildman–Crippen MR) is 81.2 cm³/mol. The second kappa shape index (κ2) is 5.48. The van der Waals surface area contributed by atoms with Crippen molar-refractivity contribution >= 4 is 0 Å². The average Bonchev–Trinajstić information content (AvgIpc) is 2.94. The molecule has 0 aliphatic heterocycles. The van der Waals surface area contributed by atoms with Crippen molar-refractivity contribution < 1.29 is 4.39 Å². The minimum atomic E-state index is -0.243. The monoisotopic (exact) mass is 281 g/mol. The Morgan fingerprint density at radius 2 is 1.62 bits per heavy atom. The third-order valence-corrected chi connectivity index (χ3v) is 3.42. The molecule has 0 fully saturated rings. The maximum Gasteiger partial charge on any atom is 0.123 e. The lowest BCUT2D eigenvalue weighted by molar-refractivity contribution is 0.605. The first-order valence-electron chi connectivity index (χ1n) is 6.90. The summed E-state index contributed by atoms with van der Waals surface area (Å²) < 4.78 is 15.2. The van der Waals surface area contributed by atoms with E-state index < -0.39 is 0 Å². The first kappa shape index (κ1) is 13.5. The molecule has 0 spiro atoms. The van der Waals surface area contributed by atoms with Gasteiger partial charge in [0.1, 0.15) is 5.82 Å². The molecule has 0 saturated heterocycles. The van der Waals surface area contributed by atoms with Crippen LogP contribution in [0.25, 0.3) is 22.5 Å². The number of benzene rings is 1. The molecule has 2 aromatic heterocycles. The van der Waals surface area contributed by atoms with Crippen LogP contribution < -0.4 is 0 Å². The molecule has 0 N–H and O–H groups in total. The molecule has 0 aliphatic carbocycles. The van der Waals surface area contributed by atoms with Gasteiger partial charge in [0.15, 0.2) is 0 Å². The first-order chi connectivity index (χ1) is 10.2. The lowest BCUT2D eigenvalue weighted by Crippen LogP contribution is -2.01. The van der Waals surface area contributed by atoms with Crippen molar-refractivity contribution in [3.05, 3.63) is 60.9 Å². The molecule has 3 rings (SSSR count). The Bertz CT molecular complexity index is 730. The van der Waals surface area contributed by atoms with Crippen LogP contribution in [0.2, 0.25) is 0 Å². The number of hydrogen-bond donors (Lipinski definition) is 0. The van der Waals surface area contributed by atoms with E-state index in [1.54, 1.807) is 24.5 Å². The quantitative estimate of drug-likeness (QED) is 0.715. The second-order valence-electron chi connectivity index (χ2n) is 5.19. The Balaban J connectivity index is 2.20. The van der Waals surface area contributed by atoms with Gasteiger partial charge in [0.2, 0.25) is 0 Å². The Kier molecular flexibility index (Phi) is 3.52. The standard InChI is InChI=1S/C17H16FN3/c1-12(2)21-11-20-16(13-3-5-15(18)6-4-13)17(21)14-7-9-19-10-8-14/h3-12H,1-2H3. The number of aromatic nitrogens is 3. The second-order valence-corrected chi connectivity index (χ2v) is 5.19. The van der Waals surface area contributed by atoms with Crippen LogP contribution in [-0.4, -0.2) is 14.5 Å². The highest BCUT2D eigenvalue weighted by molar-refractivity contribution is 5.78. The number of nitrogens with zero attached hydrogens (tertiary/aromatic N) is 3. The molecule has 1 aromatic carbocycles. The van der Waals surface area contributed by atoms with Crippen molar-refractivity contribution in [1.82, 2.24) is 14.5 Å². The van der Waals surface area contributed by atoms with E-state index in [1.165, 1.54) is 12.1 Å². The van der Waals surface area contributed by atoms with Crippen LogP contribution in [0.4, 0.5) is 4.39 Å². The van der Waals surface area contributed by atoms with E-state index in [0.717, 1.165) is 22.5 Å². The van der Waals surface area contributed by atoms with Gasteiger partial charge in [-0.2, -0.15) is 0 Å². The van der Waals surface area contributed by atoms with Gasteiger partial charge in [-0.1, -0.05) is 0 Å². The topological polar surface area (TPSA) is 30.7 Å². The summed E-state index contributed by atoms with van der Waals surface area (Å²) in [5, 5.41) is 0. The molecule has 0 amide bonds. The molecule has 3 nitrogen and oxygen atoms in total. The summed E-state index contributed by atoms with van der Waals surface area (Å²) in [5.74, 6) is -0.243. The van der Waals surface area contributed by atoms with E-state index in [2.05, 4.69) is 28.4 Å². The Hall–Kier alpha value is -2.49. The van der Waals surface area contributed by atoms with Crippen molar-refractivity contribution in [2.45, 2.75) is 19.9 Å². The van der Waals surface area contributed by atoms with Crippen molar-refractivity contribution in [3.8, 4) is 22.5 Å². The summed E-state index contributed by atoms with van der Waals surface area (Å²) >= 11 is 0. The number of imidazole rings is 1. The Labute approximate surface area is 123 Å². The van der Waals surface area contributed by atoms with E-state index in [0.29, 0.717) is 0 Å². The predicted octanol–water partition coefficient (Wildman–Crippen LogP) is 4.33. The van der Waals surface area contributed by atoms with Gasteiger partial charge >= 0.3 is 0 Å². The smallest absolute Gasteiger partial charge is 0.123 e. The van der Waals surface area contributed by atoms with Crippen molar-refractivity contribution in [2.24, 2.45) is 0 Å². The van der Waals surface area contributed by atoms with Crippen LogP contribution in [0.15, 0.2) is 55.1 Å². The zero-order chi connectivity index (χ0) is 14.8. The first-order valence-corrected chi connectivity index (χ1v) is 6.90. The lowest BCUT2D eigenvalue weighted by Gasteiger charge is -2.13. The third-order valence-electron chi connectivity index (χ3n) is 3.42. The highest BCUT2D eigenvalue weighted by Crippen LogP contribution is 2.32. The van der Waals surface area contributed by atoms with E-state index in [1.807, 2.05) is 18.5 Å². The minimum absolute atomic E-state index is 0.243. The SMILES string of the molecule is CC(C)n1cnc(-c2ccc(F)cc2)c1-c1ccncc1. The Morgan fingerprint density at radius 1 is 0.952 bits per heavy atom. The van der Waals surface area contributed by atoms with E-state index >= 15 is 0 Å². The van der Waals surface area contributed by atoms with E-state index in [9.17, 15) is 4.39 Å². The van der Waals surface area contributed by atoms with Gasteiger partial charge in [0, 0.05) is 29.6 Å². The average molecular weight is 281 g/mol. The molecule has 0 saturated carbocycles. The summed E-state index contributed by atoms with van der Waals surface area (Å²) in [6, 6.07) is 10.6. The van der Waals surface area contributed by atoms with Crippen LogP contribution in [-0.2, 0) is 0 Å². The van der Waals surface area contributed by atoms with Gasteiger partial charge < -0.3 is 4.57 Å². The fourth-order valence-electron chi connectivity index (χ4n) is 2.37. The molecule has 3 aromatic rings. The van der Waals surface area contributed by atoms with Gasteiger partial charge in [-0.15, -0.1) is 0 Å². The number of rotatable bonds is 3. The van der Waals surface area contributed by atoms with E-state index in [4.69, 9.17) is 0 Å². The number of hydrogen-bond acceptors (Lipinski definition) is 2. The Morgan fingerprint density at radius 3 is 2.24 bits per heavy atom. The molecule has 0 atom stereocenters. The zero-order valence-corrected chi connectivity index (χ0v) is 12.0. The fourth-order valence-corrected chi connectivity index (χ4v) is 2.37. The molecule has 106 valence electrons. The van der Waals surface area contributed by atoms with Gasteiger partial charge in [0.25, 0.3) is 0 Å². The normalized spacial score (nSPS) is 11.0. The van der Waals surface area contributed by atoms with Crippen LogP contribution in [0, 0.1) is 5.82 Å². The molecular weight excluding hydrogens is 265 g/mol. The van der Waals surface area contributed by atoms with Crippen molar-refractivity contribution in [3.63, 3.8) is 0 Å². The van der Waals surface area contributed by atoms with Gasteiger partial charge in [0.05, 0.1) is 17.7 Å². The molecule has 0 bridgehead atoms. The van der Waals surface area contributed by atoms with Gasteiger partial charge in [-0.3, -0.25) is 4.98 Å². The van der Waals surface area contributed by atoms with Gasteiger partial charge in [-0.05, 0) is 50.2 Å². The summed E-state index contributed by atoms with van der Waals surface area (Å²) in [6.45, 7) is 4.22. The van der Waals surface area contributed by atoms with Crippen LogP contribution in [0.5, 0.6) is 0 Å². The number of halogens is 1. The minimum Gasteiger partial charge on any atom is -0.328 e. The van der Waals surface area contributed by atoms with Crippen molar-refractivity contribution in [1.29, 1.82) is 0 Å². The molecule has 21 heavy (non-hydrogen) atoms. The zero-order valence-electron chi connectivity index (χ0n) is 12.0. The van der Waals surface area contributed by atoms with Crippen LogP contribution >= 0.6 is 0 Å². The highest BCUT2D eigenvalue weighted by atomic mass is 19.1. The third kappa shape index (κ3) is 2.57. The summed E-state index contributed by atoms with van der Waals surface area (Å²) in [5.41, 5.74) is 3.84. The summed E-state index contributed by atoms with van der Waals surface area (Å²) in [7, 11) is 0. The largest absolute Gasteiger partial charge is 0.328 e. The molecule has 4 heteroatoms. The lowest BCUT2D eigenvalue weighted by atomic mass is 10.1.